The Labute approximate surface area is 240 Å². The maximum atomic E-state index is 5.93. The molecule has 1 aliphatic carbocycles. The second kappa shape index (κ2) is 8.71. The van der Waals surface area contributed by atoms with Crippen molar-refractivity contribution in [3.63, 3.8) is 0 Å². The van der Waals surface area contributed by atoms with Crippen LogP contribution in [-0.4, -0.2) is 4.57 Å². The molecule has 0 amide bonds. The fourth-order valence-corrected chi connectivity index (χ4v) is 6.78. The number of rotatable bonds is 3. The molecule has 2 heteroatoms. The number of nitrogens with zero attached hydrogens (tertiary/aromatic N) is 1. The van der Waals surface area contributed by atoms with E-state index in [9.17, 15) is 0 Å². The van der Waals surface area contributed by atoms with E-state index < -0.39 is 0 Å². The largest absolute Gasteiger partial charge is 0.399 e. The third kappa shape index (κ3) is 3.57. The fraction of sp³-hybridized carbons (Fsp3) is 0.0769. The molecule has 6 aromatic carbocycles. The number of hydrogen-bond acceptors (Lipinski definition) is 1. The van der Waals surface area contributed by atoms with Crippen LogP contribution in [0.3, 0.4) is 0 Å². The number of aromatic nitrogens is 1. The van der Waals surface area contributed by atoms with Gasteiger partial charge in [0.15, 0.2) is 0 Å². The summed E-state index contributed by atoms with van der Waals surface area (Å²) in [5.41, 5.74) is 20.6. The maximum absolute atomic E-state index is 5.93. The second-order valence-corrected chi connectivity index (χ2v) is 11.7. The molecule has 0 atom stereocenters. The molecule has 0 aliphatic heterocycles. The highest BCUT2D eigenvalue weighted by Crippen LogP contribution is 2.50. The van der Waals surface area contributed by atoms with Crippen molar-refractivity contribution < 1.29 is 0 Å². The lowest BCUT2D eigenvalue weighted by atomic mass is 9.81. The van der Waals surface area contributed by atoms with Crippen LogP contribution in [0.1, 0.15) is 25.0 Å². The highest BCUT2D eigenvalue weighted by atomic mass is 15.0. The standard InChI is InChI=1S/C39H30N2/c1-39(2)35-23-27(25-11-17-29(40)18-12-25)15-21-31(35)32-22-16-28(24-36(32)39)26-13-19-30(20-14-26)41-37-9-5-3-7-33(37)34-8-4-6-10-38(34)41/h3-24H,40H2,1-2H3. The zero-order chi connectivity index (χ0) is 27.7. The van der Waals surface area contributed by atoms with Gasteiger partial charge in [-0.1, -0.05) is 98.8 Å². The molecule has 41 heavy (non-hydrogen) atoms. The molecule has 0 saturated heterocycles. The van der Waals surface area contributed by atoms with Crippen molar-refractivity contribution in [3.8, 4) is 39.1 Å². The third-order valence-corrected chi connectivity index (χ3v) is 8.96. The number of anilines is 1. The van der Waals surface area contributed by atoms with E-state index >= 15 is 0 Å². The Bertz CT molecular complexity index is 2060. The van der Waals surface area contributed by atoms with Gasteiger partial charge in [0.1, 0.15) is 0 Å². The summed E-state index contributed by atoms with van der Waals surface area (Å²) in [6.45, 7) is 4.69. The minimum absolute atomic E-state index is 0.0899. The molecular weight excluding hydrogens is 496 g/mol. The van der Waals surface area contributed by atoms with Gasteiger partial charge < -0.3 is 10.3 Å². The summed E-state index contributed by atoms with van der Waals surface area (Å²) in [5.74, 6) is 0. The second-order valence-electron chi connectivity index (χ2n) is 11.7. The molecule has 1 aromatic heterocycles. The fourth-order valence-electron chi connectivity index (χ4n) is 6.78. The van der Waals surface area contributed by atoms with E-state index in [0.29, 0.717) is 0 Å². The number of benzene rings is 6. The molecule has 7 aromatic rings. The average Bonchev–Trinajstić information content (AvgIpc) is 3.46. The monoisotopic (exact) mass is 526 g/mol. The summed E-state index contributed by atoms with van der Waals surface area (Å²) >= 11 is 0. The van der Waals surface area contributed by atoms with Crippen LogP contribution >= 0.6 is 0 Å². The van der Waals surface area contributed by atoms with Crippen molar-refractivity contribution in [2.75, 3.05) is 5.73 Å². The van der Waals surface area contributed by atoms with Gasteiger partial charge in [-0.2, -0.15) is 0 Å². The van der Waals surface area contributed by atoms with Crippen LogP contribution in [0.5, 0.6) is 0 Å². The van der Waals surface area contributed by atoms with E-state index in [4.69, 9.17) is 5.73 Å². The Hall–Kier alpha value is -5.08. The van der Waals surface area contributed by atoms with Crippen LogP contribution < -0.4 is 5.73 Å². The van der Waals surface area contributed by atoms with Gasteiger partial charge in [-0.25, -0.2) is 0 Å². The zero-order valence-corrected chi connectivity index (χ0v) is 23.2. The SMILES string of the molecule is CC1(C)c2cc(-c3ccc(N)cc3)ccc2-c2ccc(-c3ccc(-n4c5ccccc5c5ccccc54)cc3)cc21. The number of fused-ring (bicyclic) bond motifs is 6. The van der Waals surface area contributed by atoms with Crippen molar-refractivity contribution >= 4 is 27.5 Å². The third-order valence-electron chi connectivity index (χ3n) is 8.96. The minimum Gasteiger partial charge on any atom is -0.399 e. The quantitative estimate of drug-likeness (QED) is 0.228. The first-order valence-corrected chi connectivity index (χ1v) is 14.2. The Morgan fingerprint density at radius 3 is 1.44 bits per heavy atom. The van der Waals surface area contributed by atoms with Crippen LogP contribution in [0.4, 0.5) is 5.69 Å². The van der Waals surface area contributed by atoms with E-state index in [2.05, 4.69) is 140 Å². The van der Waals surface area contributed by atoms with Gasteiger partial charge in [0.05, 0.1) is 11.0 Å². The molecular formula is C39H30N2. The summed E-state index contributed by atoms with van der Waals surface area (Å²) < 4.78 is 2.37. The lowest BCUT2D eigenvalue weighted by Crippen LogP contribution is -2.15. The molecule has 8 rings (SSSR count). The van der Waals surface area contributed by atoms with Gasteiger partial charge in [0.2, 0.25) is 0 Å². The molecule has 2 nitrogen and oxygen atoms in total. The van der Waals surface area contributed by atoms with Crippen molar-refractivity contribution in [1.82, 2.24) is 4.57 Å². The molecule has 0 fully saturated rings. The van der Waals surface area contributed by atoms with Gasteiger partial charge in [0, 0.05) is 27.6 Å². The van der Waals surface area contributed by atoms with Crippen molar-refractivity contribution in [1.29, 1.82) is 0 Å². The molecule has 0 spiro atoms. The molecule has 196 valence electrons. The van der Waals surface area contributed by atoms with Gasteiger partial charge in [0.25, 0.3) is 0 Å². The smallest absolute Gasteiger partial charge is 0.0541 e. The Kier molecular flexibility index (Phi) is 5.05. The van der Waals surface area contributed by atoms with Gasteiger partial charge in [-0.05, 0) is 93.0 Å². The Morgan fingerprint density at radius 1 is 0.488 bits per heavy atom. The van der Waals surface area contributed by atoms with E-state index in [1.165, 1.54) is 72.0 Å². The highest BCUT2D eigenvalue weighted by Gasteiger charge is 2.35. The van der Waals surface area contributed by atoms with Crippen molar-refractivity contribution in [3.05, 3.63) is 145 Å². The average molecular weight is 527 g/mol. The van der Waals surface area contributed by atoms with Gasteiger partial charge in [-0.15, -0.1) is 0 Å². The van der Waals surface area contributed by atoms with Crippen molar-refractivity contribution in [2.24, 2.45) is 0 Å². The van der Waals surface area contributed by atoms with E-state index in [1.54, 1.807) is 0 Å². The molecule has 1 heterocycles. The van der Waals surface area contributed by atoms with Crippen molar-refractivity contribution in [2.45, 2.75) is 19.3 Å². The summed E-state index contributed by atoms with van der Waals surface area (Å²) in [7, 11) is 0. The molecule has 2 N–H and O–H groups in total. The summed E-state index contributed by atoms with van der Waals surface area (Å²) in [5, 5.41) is 2.57. The minimum atomic E-state index is -0.0899. The summed E-state index contributed by atoms with van der Waals surface area (Å²) in [6.07, 6.45) is 0. The number of para-hydroxylation sites is 2. The van der Waals surface area contributed by atoms with Crippen LogP contribution in [0.15, 0.2) is 133 Å². The van der Waals surface area contributed by atoms with E-state index in [1.807, 2.05) is 12.1 Å². The lowest BCUT2D eigenvalue weighted by molar-refractivity contribution is 0.661. The van der Waals surface area contributed by atoms with Crippen LogP contribution in [-0.2, 0) is 5.41 Å². The molecule has 0 unspecified atom stereocenters. The van der Waals surface area contributed by atoms with E-state index in [0.717, 1.165) is 5.69 Å². The number of hydrogen-bond donors (Lipinski definition) is 1. The number of nitrogen functional groups attached to an aromatic ring is 1. The zero-order valence-electron chi connectivity index (χ0n) is 23.2. The highest BCUT2D eigenvalue weighted by molar-refractivity contribution is 6.09. The van der Waals surface area contributed by atoms with Gasteiger partial charge in [-0.3, -0.25) is 0 Å². The summed E-state index contributed by atoms with van der Waals surface area (Å²) in [6, 6.07) is 48.4. The molecule has 1 aliphatic rings. The predicted octanol–water partition coefficient (Wildman–Crippen LogP) is 10.0. The van der Waals surface area contributed by atoms with Crippen LogP contribution in [0, 0.1) is 0 Å². The lowest BCUT2D eigenvalue weighted by Gasteiger charge is -2.22. The van der Waals surface area contributed by atoms with Crippen LogP contribution in [0.25, 0.3) is 60.9 Å². The molecule has 0 bridgehead atoms. The topological polar surface area (TPSA) is 30.9 Å². The maximum Gasteiger partial charge on any atom is 0.0541 e. The first-order chi connectivity index (χ1) is 20.0. The summed E-state index contributed by atoms with van der Waals surface area (Å²) in [4.78, 5) is 0. The first-order valence-electron chi connectivity index (χ1n) is 14.2. The molecule has 0 saturated carbocycles. The number of nitrogens with two attached hydrogens (primary N) is 1. The van der Waals surface area contributed by atoms with E-state index in [-0.39, 0.29) is 5.41 Å². The first kappa shape index (κ1) is 23.8. The normalized spacial score (nSPS) is 13.4. The van der Waals surface area contributed by atoms with Crippen LogP contribution in [0.2, 0.25) is 0 Å². The Morgan fingerprint density at radius 2 is 0.927 bits per heavy atom. The molecule has 0 radical (unpaired) electrons. The Balaban J connectivity index is 1.18. The van der Waals surface area contributed by atoms with Gasteiger partial charge >= 0.3 is 0 Å². The predicted molar refractivity (Wildman–Crippen MR) is 174 cm³/mol.